The van der Waals surface area contributed by atoms with Gasteiger partial charge in [-0.25, -0.2) is 8.42 Å². The number of likely N-dealkylation sites (N-methyl/N-ethyl adjacent to an activating group) is 1. The van der Waals surface area contributed by atoms with Crippen LogP contribution in [0.1, 0.15) is 26.7 Å². The number of anilines is 1. The van der Waals surface area contributed by atoms with Crippen molar-refractivity contribution in [3.8, 4) is 0 Å². The maximum Gasteiger partial charge on any atom is 0.245 e. The molecular weight excluding hydrogens is 288 g/mol. The second-order valence-electron chi connectivity index (χ2n) is 5.12. The molecule has 1 fully saturated rings. The first kappa shape index (κ1) is 16.3. The van der Waals surface area contributed by atoms with Gasteiger partial charge in [-0.05, 0) is 31.9 Å². The van der Waals surface area contributed by atoms with Gasteiger partial charge in [-0.15, -0.1) is 0 Å². The highest BCUT2D eigenvalue weighted by Crippen LogP contribution is 2.25. The molecule has 1 saturated heterocycles. The third-order valence-corrected chi connectivity index (χ3v) is 5.65. The molecule has 1 N–H and O–H groups in total. The molecule has 21 heavy (non-hydrogen) atoms. The van der Waals surface area contributed by atoms with Crippen LogP contribution in [-0.4, -0.2) is 45.1 Å². The minimum atomic E-state index is -3.50. The molecule has 5 nitrogen and oxygen atoms in total. The Morgan fingerprint density at radius 2 is 2.10 bits per heavy atom. The molecule has 0 saturated carbocycles. The molecule has 1 aliphatic heterocycles. The van der Waals surface area contributed by atoms with E-state index in [0.717, 1.165) is 19.4 Å². The molecule has 0 amide bonds. The number of ether oxygens (including phenoxy) is 1. The van der Waals surface area contributed by atoms with E-state index < -0.39 is 10.0 Å². The predicted octanol–water partition coefficient (Wildman–Crippen LogP) is 2.31. The van der Waals surface area contributed by atoms with Gasteiger partial charge in [-0.1, -0.05) is 19.1 Å². The van der Waals surface area contributed by atoms with E-state index in [4.69, 9.17) is 4.74 Å². The zero-order valence-electron chi connectivity index (χ0n) is 12.7. The van der Waals surface area contributed by atoms with E-state index in [1.165, 1.54) is 4.31 Å². The van der Waals surface area contributed by atoms with Crippen molar-refractivity contribution in [3.05, 3.63) is 24.3 Å². The normalized spacial score (nSPS) is 19.1. The fourth-order valence-electron chi connectivity index (χ4n) is 2.58. The summed E-state index contributed by atoms with van der Waals surface area (Å²) in [6.45, 7) is 6.11. The van der Waals surface area contributed by atoms with Crippen molar-refractivity contribution in [2.24, 2.45) is 0 Å². The van der Waals surface area contributed by atoms with Crippen LogP contribution in [0.3, 0.4) is 0 Å². The number of hydrogen-bond donors (Lipinski definition) is 1. The van der Waals surface area contributed by atoms with Gasteiger partial charge in [0.2, 0.25) is 10.0 Å². The first-order chi connectivity index (χ1) is 10.1. The van der Waals surface area contributed by atoms with Crippen molar-refractivity contribution in [2.75, 3.05) is 31.6 Å². The molecule has 1 heterocycles. The Balaban J connectivity index is 2.25. The van der Waals surface area contributed by atoms with Crippen LogP contribution in [0, 0.1) is 0 Å². The highest BCUT2D eigenvalue weighted by atomic mass is 32.2. The van der Waals surface area contributed by atoms with E-state index >= 15 is 0 Å². The summed E-state index contributed by atoms with van der Waals surface area (Å²) in [6.07, 6.45) is 1.96. The smallest absolute Gasteiger partial charge is 0.245 e. The molecular formula is C15H24N2O3S. The minimum absolute atomic E-state index is 0.0195. The van der Waals surface area contributed by atoms with Crippen molar-refractivity contribution in [1.29, 1.82) is 0 Å². The molecule has 0 aliphatic carbocycles. The van der Waals surface area contributed by atoms with Crippen molar-refractivity contribution in [2.45, 2.75) is 37.7 Å². The summed E-state index contributed by atoms with van der Waals surface area (Å²) in [5.74, 6) is 0. The van der Waals surface area contributed by atoms with Gasteiger partial charge in [-0.3, -0.25) is 0 Å². The fourth-order valence-corrected chi connectivity index (χ4v) is 4.23. The Bertz CT molecular complexity index is 554. The summed E-state index contributed by atoms with van der Waals surface area (Å²) in [5.41, 5.74) is 0.658. The Kier molecular flexibility index (Phi) is 5.61. The average molecular weight is 312 g/mol. The number of sulfonamides is 1. The van der Waals surface area contributed by atoms with Gasteiger partial charge in [0.15, 0.2) is 0 Å². The molecule has 6 heteroatoms. The highest BCUT2D eigenvalue weighted by molar-refractivity contribution is 7.89. The van der Waals surface area contributed by atoms with E-state index in [1.54, 1.807) is 18.2 Å². The maximum absolute atomic E-state index is 12.9. The third-order valence-electron chi connectivity index (χ3n) is 3.66. The molecule has 0 spiro atoms. The zero-order valence-corrected chi connectivity index (χ0v) is 13.5. The van der Waals surface area contributed by atoms with Gasteiger partial charge in [0.25, 0.3) is 0 Å². The number of rotatable bonds is 7. The molecule has 1 atom stereocenters. The molecule has 118 valence electrons. The lowest BCUT2D eigenvalue weighted by Crippen LogP contribution is -2.37. The Hall–Kier alpha value is -1.11. The number of benzene rings is 1. The van der Waals surface area contributed by atoms with E-state index in [2.05, 4.69) is 5.32 Å². The summed E-state index contributed by atoms with van der Waals surface area (Å²) in [5, 5.41) is 3.12. The van der Waals surface area contributed by atoms with Gasteiger partial charge in [0, 0.05) is 26.2 Å². The molecule has 2 rings (SSSR count). The number of para-hydroxylation sites is 1. The number of nitrogens with one attached hydrogen (secondary N) is 1. The highest BCUT2D eigenvalue weighted by Gasteiger charge is 2.29. The number of nitrogens with zero attached hydrogens (tertiary/aromatic N) is 1. The topological polar surface area (TPSA) is 58.6 Å². The van der Waals surface area contributed by atoms with Crippen LogP contribution in [0.2, 0.25) is 0 Å². The Morgan fingerprint density at radius 1 is 1.33 bits per heavy atom. The SMILES string of the molecule is CCNc1ccccc1S(=O)(=O)N(CC)CC1CCCO1. The van der Waals surface area contributed by atoms with Gasteiger partial charge in [-0.2, -0.15) is 4.31 Å². The molecule has 0 aromatic heterocycles. The van der Waals surface area contributed by atoms with Crippen LogP contribution in [0.5, 0.6) is 0 Å². The summed E-state index contributed by atoms with van der Waals surface area (Å²) in [7, 11) is -3.50. The van der Waals surface area contributed by atoms with Crippen LogP contribution < -0.4 is 5.32 Å². The summed E-state index contributed by atoms with van der Waals surface area (Å²) in [4.78, 5) is 0.340. The number of hydrogen-bond acceptors (Lipinski definition) is 4. The predicted molar refractivity (Wildman–Crippen MR) is 84.0 cm³/mol. The summed E-state index contributed by atoms with van der Waals surface area (Å²) in [6, 6.07) is 7.06. The molecule has 0 bridgehead atoms. The maximum atomic E-state index is 12.9. The molecule has 1 aliphatic rings. The second kappa shape index (κ2) is 7.24. The minimum Gasteiger partial charge on any atom is -0.384 e. The van der Waals surface area contributed by atoms with Crippen LogP contribution in [0.25, 0.3) is 0 Å². The lowest BCUT2D eigenvalue weighted by molar-refractivity contribution is 0.0947. The lowest BCUT2D eigenvalue weighted by atomic mass is 10.2. The van der Waals surface area contributed by atoms with E-state index in [-0.39, 0.29) is 6.10 Å². The van der Waals surface area contributed by atoms with E-state index in [9.17, 15) is 8.42 Å². The van der Waals surface area contributed by atoms with Gasteiger partial charge in [0.1, 0.15) is 4.90 Å². The monoisotopic (exact) mass is 312 g/mol. The molecule has 1 aromatic rings. The van der Waals surface area contributed by atoms with Crippen LogP contribution in [0.4, 0.5) is 5.69 Å². The molecule has 0 radical (unpaired) electrons. The third kappa shape index (κ3) is 3.75. The second-order valence-corrected chi connectivity index (χ2v) is 7.02. The van der Waals surface area contributed by atoms with Crippen molar-refractivity contribution < 1.29 is 13.2 Å². The lowest BCUT2D eigenvalue weighted by Gasteiger charge is -2.24. The first-order valence-corrected chi connectivity index (χ1v) is 8.98. The van der Waals surface area contributed by atoms with E-state index in [1.807, 2.05) is 19.9 Å². The summed E-state index contributed by atoms with van der Waals surface area (Å²) >= 11 is 0. The van der Waals surface area contributed by atoms with Crippen molar-refractivity contribution in [1.82, 2.24) is 4.31 Å². The van der Waals surface area contributed by atoms with E-state index in [0.29, 0.717) is 30.2 Å². The van der Waals surface area contributed by atoms with Crippen molar-refractivity contribution >= 4 is 15.7 Å². The largest absolute Gasteiger partial charge is 0.384 e. The quantitative estimate of drug-likeness (QED) is 0.839. The first-order valence-electron chi connectivity index (χ1n) is 7.54. The summed E-state index contributed by atoms with van der Waals surface area (Å²) < 4.78 is 32.8. The van der Waals surface area contributed by atoms with Gasteiger partial charge >= 0.3 is 0 Å². The standard InChI is InChI=1S/C15H24N2O3S/c1-3-16-14-9-5-6-10-15(14)21(18,19)17(4-2)12-13-8-7-11-20-13/h5-6,9-10,13,16H,3-4,7-8,11-12H2,1-2H3. The molecule has 1 unspecified atom stereocenters. The molecule has 1 aromatic carbocycles. The fraction of sp³-hybridized carbons (Fsp3) is 0.600. The Morgan fingerprint density at radius 3 is 2.71 bits per heavy atom. The zero-order chi connectivity index (χ0) is 15.3. The van der Waals surface area contributed by atoms with Crippen LogP contribution in [0.15, 0.2) is 29.2 Å². The van der Waals surface area contributed by atoms with Gasteiger partial charge < -0.3 is 10.1 Å². The van der Waals surface area contributed by atoms with Gasteiger partial charge in [0.05, 0.1) is 11.8 Å². The average Bonchev–Trinajstić information content (AvgIpc) is 2.98. The van der Waals surface area contributed by atoms with Crippen molar-refractivity contribution in [3.63, 3.8) is 0 Å². The Labute approximate surface area is 127 Å². The van der Waals surface area contributed by atoms with Crippen LogP contribution in [-0.2, 0) is 14.8 Å². The van der Waals surface area contributed by atoms with Crippen LogP contribution >= 0.6 is 0 Å².